The van der Waals surface area contributed by atoms with Crippen LogP contribution < -0.4 is 20.5 Å². The van der Waals surface area contributed by atoms with Crippen LogP contribution in [-0.4, -0.2) is 25.0 Å². The fraction of sp³-hybridized carbons (Fsp3) is 0.333. The number of nitrogens with two attached hydrogens (primary N) is 1. The van der Waals surface area contributed by atoms with Crippen molar-refractivity contribution in [2.24, 2.45) is 5.73 Å². The van der Waals surface area contributed by atoms with Crippen LogP contribution in [-0.2, 0) is 12.8 Å². The summed E-state index contributed by atoms with van der Waals surface area (Å²) in [5.41, 5.74) is 7.31. The van der Waals surface area contributed by atoms with E-state index in [4.69, 9.17) is 26.8 Å². The highest BCUT2D eigenvalue weighted by Gasteiger charge is 2.26. The Bertz CT molecular complexity index is 909. The Labute approximate surface area is 159 Å². The fourth-order valence-electron chi connectivity index (χ4n) is 3.33. The zero-order valence-corrected chi connectivity index (χ0v) is 15.5. The van der Waals surface area contributed by atoms with Crippen LogP contribution >= 0.6 is 22.9 Å². The van der Waals surface area contributed by atoms with Crippen LogP contribution in [0, 0.1) is 0 Å². The summed E-state index contributed by atoms with van der Waals surface area (Å²) in [6.07, 6.45) is 3.83. The lowest BCUT2D eigenvalue weighted by Gasteiger charge is -2.20. The Morgan fingerprint density at radius 2 is 1.92 bits per heavy atom. The Balaban J connectivity index is 1.66. The van der Waals surface area contributed by atoms with Gasteiger partial charge < -0.3 is 20.5 Å². The number of nitrogens with one attached hydrogen (secondary N) is 1. The minimum Gasteiger partial charge on any atom is -0.486 e. The molecule has 0 radical (unpaired) electrons. The lowest BCUT2D eigenvalue weighted by molar-refractivity contribution is 0.100. The molecule has 0 unspecified atom stereocenters. The first-order chi connectivity index (χ1) is 12.5. The van der Waals surface area contributed by atoms with Gasteiger partial charge in [0.05, 0.1) is 10.6 Å². The number of thiophene rings is 1. The van der Waals surface area contributed by atoms with E-state index in [2.05, 4.69) is 5.32 Å². The maximum atomic E-state index is 12.7. The number of amides is 2. The molecule has 2 heterocycles. The summed E-state index contributed by atoms with van der Waals surface area (Å²) in [6.45, 7) is 0.818. The molecule has 8 heteroatoms. The van der Waals surface area contributed by atoms with Gasteiger partial charge in [0.15, 0.2) is 11.5 Å². The number of anilines is 1. The first-order valence-electron chi connectivity index (χ1n) is 8.39. The highest BCUT2D eigenvalue weighted by Crippen LogP contribution is 2.40. The van der Waals surface area contributed by atoms with Gasteiger partial charge in [0.2, 0.25) is 0 Å². The molecule has 1 aliphatic carbocycles. The number of aryl methyl sites for hydroxylation is 1. The van der Waals surface area contributed by atoms with Crippen molar-refractivity contribution in [1.82, 2.24) is 0 Å². The van der Waals surface area contributed by atoms with Crippen LogP contribution in [0.1, 0.15) is 44.0 Å². The van der Waals surface area contributed by atoms with Gasteiger partial charge in [-0.1, -0.05) is 11.6 Å². The normalized spacial score (nSPS) is 15.3. The van der Waals surface area contributed by atoms with Gasteiger partial charge in [0.25, 0.3) is 11.8 Å². The summed E-state index contributed by atoms with van der Waals surface area (Å²) < 4.78 is 11.0. The van der Waals surface area contributed by atoms with Crippen LogP contribution in [0.25, 0.3) is 0 Å². The second-order valence-corrected chi connectivity index (χ2v) is 7.73. The number of hydrogen-bond acceptors (Lipinski definition) is 5. The first kappa shape index (κ1) is 17.2. The van der Waals surface area contributed by atoms with Gasteiger partial charge in [0, 0.05) is 10.4 Å². The highest BCUT2D eigenvalue weighted by atomic mass is 35.5. The third-order valence-corrected chi connectivity index (χ3v) is 5.99. The summed E-state index contributed by atoms with van der Waals surface area (Å²) in [6, 6.07) is 3.12. The SMILES string of the molecule is NC(=O)c1c(NC(=O)c2cc(Cl)c3c(c2)OCCO3)sc2c1CCCC2. The molecule has 4 rings (SSSR count). The van der Waals surface area contributed by atoms with E-state index in [0.29, 0.717) is 45.9 Å². The molecular weight excluding hydrogens is 376 g/mol. The molecule has 0 atom stereocenters. The molecule has 3 N–H and O–H groups in total. The standard InChI is InChI=1S/C18H17ClN2O4S/c19-11-7-9(8-12-15(11)25-6-5-24-12)17(23)21-18-14(16(20)22)10-3-1-2-4-13(10)26-18/h7-8H,1-6H2,(H2,20,22)(H,21,23). The lowest BCUT2D eigenvalue weighted by Crippen LogP contribution is -2.19. The number of carbonyl (C=O) groups is 2. The van der Waals surface area contributed by atoms with Crippen LogP contribution in [0.3, 0.4) is 0 Å². The molecule has 0 fully saturated rings. The van der Waals surface area contributed by atoms with Crippen LogP contribution in [0.15, 0.2) is 12.1 Å². The zero-order chi connectivity index (χ0) is 18.3. The van der Waals surface area contributed by atoms with Crippen molar-refractivity contribution < 1.29 is 19.1 Å². The minimum atomic E-state index is -0.514. The van der Waals surface area contributed by atoms with E-state index in [1.54, 1.807) is 6.07 Å². The number of ether oxygens (including phenoxy) is 2. The van der Waals surface area contributed by atoms with Gasteiger partial charge >= 0.3 is 0 Å². The molecule has 1 aromatic heterocycles. The minimum absolute atomic E-state index is 0.313. The molecule has 1 aliphatic heterocycles. The van der Waals surface area contributed by atoms with Crippen molar-refractivity contribution in [1.29, 1.82) is 0 Å². The predicted octanol–water partition coefficient (Wildman–Crippen LogP) is 3.40. The van der Waals surface area contributed by atoms with Crippen molar-refractivity contribution in [2.45, 2.75) is 25.7 Å². The lowest BCUT2D eigenvalue weighted by atomic mass is 9.95. The molecule has 2 amide bonds. The summed E-state index contributed by atoms with van der Waals surface area (Å²) in [7, 11) is 0. The number of fused-ring (bicyclic) bond motifs is 2. The van der Waals surface area contributed by atoms with Gasteiger partial charge in [-0.15, -0.1) is 11.3 Å². The second-order valence-electron chi connectivity index (χ2n) is 6.22. The number of carbonyl (C=O) groups excluding carboxylic acids is 2. The molecule has 26 heavy (non-hydrogen) atoms. The van der Waals surface area contributed by atoms with E-state index in [-0.39, 0.29) is 5.91 Å². The number of benzene rings is 1. The molecular formula is C18H17ClN2O4S. The summed E-state index contributed by atoms with van der Waals surface area (Å²) in [5, 5.41) is 3.64. The van der Waals surface area contributed by atoms with Crippen molar-refractivity contribution >= 4 is 39.8 Å². The van der Waals surface area contributed by atoms with E-state index in [1.807, 2.05) is 0 Å². The first-order valence-corrected chi connectivity index (χ1v) is 9.59. The smallest absolute Gasteiger partial charge is 0.256 e. The van der Waals surface area contributed by atoms with E-state index < -0.39 is 5.91 Å². The summed E-state index contributed by atoms with van der Waals surface area (Å²) in [5.74, 6) is -0.00162. The van der Waals surface area contributed by atoms with Crippen LogP contribution in [0.5, 0.6) is 11.5 Å². The van der Waals surface area contributed by atoms with E-state index in [9.17, 15) is 9.59 Å². The molecule has 136 valence electrons. The number of halogens is 1. The van der Waals surface area contributed by atoms with Crippen molar-refractivity contribution in [3.63, 3.8) is 0 Å². The second kappa shape index (κ2) is 6.81. The van der Waals surface area contributed by atoms with E-state index in [0.717, 1.165) is 36.1 Å². The van der Waals surface area contributed by atoms with Crippen LogP contribution in [0.4, 0.5) is 5.00 Å². The molecule has 0 bridgehead atoms. The maximum Gasteiger partial charge on any atom is 0.256 e. The largest absolute Gasteiger partial charge is 0.486 e. The molecule has 0 spiro atoms. The predicted molar refractivity (Wildman–Crippen MR) is 99.9 cm³/mol. The Hall–Kier alpha value is -2.25. The Morgan fingerprint density at radius 1 is 1.15 bits per heavy atom. The summed E-state index contributed by atoms with van der Waals surface area (Å²) >= 11 is 7.63. The molecule has 0 saturated heterocycles. The van der Waals surface area contributed by atoms with Crippen molar-refractivity contribution in [2.75, 3.05) is 18.5 Å². The van der Waals surface area contributed by atoms with Crippen LogP contribution in [0.2, 0.25) is 5.02 Å². The van der Waals surface area contributed by atoms with Crippen molar-refractivity contribution in [3.05, 3.63) is 38.7 Å². The number of rotatable bonds is 3. The third-order valence-electron chi connectivity index (χ3n) is 4.50. The molecule has 2 aromatic rings. The Morgan fingerprint density at radius 3 is 2.73 bits per heavy atom. The van der Waals surface area contributed by atoms with Gasteiger partial charge in [0.1, 0.15) is 18.2 Å². The van der Waals surface area contributed by atoms with Gasteiger partial charge in [-0.05, 0) is 43.4 Å². The summed E-state index contributed by atoms with van der Waals surface area (Å²) in [4.78, 5) is 25.8. The van der Waals surface area contributed by atoms with Crippen molar-refractivity contribution in [3.8, 4) is 11.5 Å². The number of hydrogen-bond donors (Lipinski definition) is 2. The number of primary amides is 1. The average molecular weight is 393 g/mol. The van der Waals surface area contributed by atoms with Gasteiger partial charge in [-0.3, -0.25) is 9.59 Å². The third kappa shape index (κ3) is 3.01. The van der Waals surface area contributed by atoms with E-state index in [1.165, 1.54) is 17.4 Å². The molecule has 0 saturated carbocycles. The maximum absolute atomic E-state index is 12.7. The monoisotopic (exact) mass is 392 g/mol. The molecule has 1 aromatic carbocycles. The Kier molecular flexibility index (Phi) is 4.50. The quantitative estimate of drug-likeness (QED) is 0.837. The van der Waals surface area contributed by atoms with E-state index >= 15 is 0 Å². The topological polar surface area (TPSA) is 90.7 Å². The average Bonchev–Trinajstić information content (AvgIpc) is 2.99. The molecule has 2 aliphatic rings. The zero-order valence-electron chi connectivity index (χ0n) is 13.9. The van der Waals surface area contributed by atoms with Gasteiger partial charge in [-0.25, -0.2) is 0 Å². The fourth-order valence-corrected chi connectivity index (χ4v) is 4.89. The van der Waals surface area contributed by atoms with Gasteiger partial charge in [-0.2, -0.15) is 0 Å². The molecule has 6 nitrogen and oxygen atoms in total. The highest BCUT2D eigenvalue weighted by molar-refractivity contribution is 7.17.